The predicted octanol–water partition coefficient (Wildman–Crippen LogP) is 2.87. The highest BCUT2D eigenvalue weighted by Gasteiger charge is 2.21. The van der Waals surface area contributed by atoms with Crippen LogP contribution in [0, 0.1) is 0 Å². The van der Waals surface area contributed by atoms with Crippen molar-refractivity contribution in [1.82, 2.24) is 0 Å². The van der Waals surface area contributed by atoms with Gasteiger partial charge in [-0.2, -0.15) is 0 Å². The van der Waals surface area contributed by atoms with Crippen molar-refractivity contribution in [2.75, 3.05) is 18.0 Å². The lowest BCUT2D eigenvalue weighted by Gasteiger charge is -2.22. The van der Waals surface area contributed by atoms with E-state index in [1.54, 1.807) is 6.07 Å². The molecule has 24 heavy (non-hydrogen) atoms. The zero-order chi connectivity index (χ0) is 17.9. The summed E-state index contributed by atoms with van der Waals surface area (Å²) >= 11 is 0. The number of carboxylic acids is 1. The fraction of sp³-hybridized carbons (Fsp3) is 0.222. The number of hydrogen-bond donors (Lipinski definition) is 3. The Hall–Kier alpha value is -3.02. The van der Waals surface area contributed by atoms with E-state index in [0.717, 1.165) is 6.07 Å². The largest absolute Gasteiger partial charge is 0.508 e. The second kappa shape index (κ2) is 7.04. The third-order valence-electron chi connectivity index (χ3n) is 3.83. The number of benzene rings is 2. The van der Waals surface area contributed by atoms with Gasteiger partial charge in [0.25, 0.3) is 0 Å². The van der Waals surface area contributed by atoms with Gasteiger partial charge in [0.2, 0.25) is 0 Å². The first kappa shape index (κ1) is 17.3. The van der Waals surface area contributed by atoms with Gasteiger partial charge in [-0.3, -0.25) is 4.79 Å². The van der Waals surface area contributed by atoms with Crippen LogP contribution in [-0.2, 0) is 0 Å². The Morgan fingerprint density at radius 2 is 1.54 bits per heavy atom. The Morgan fingerprint density at radius 1 is 0.917 bits per heavy atom. The molecule has 126 valence electrons. The quantitative estimate of drug-likeness (QED) is 0.705. The van der Waals surface area contributed by atoms with Crippen molar-refractivity contribution in [3.63, 3.8) is 0 Å². The average molecular weight is 329 g/mol. The van der Waals surface area contributed by atoms with Crippen molar-refractivity contribution in [3.05, 3.63) is 53.1 Å². The van der Waals surface area contributed by atoms with Gasteiger partial charge >= 0.3 is 5.97 Å². The third kappa shape index (κ3) is 3.32. The smallest absolute Gasteiger partial charge is 0.336 e. The number of hydrogen-bond acceptors (Lipinski definition) is 5. The first-order chi connectivity index (χ1) is 11.4. The van der Waals surface area contributed by atoms with Crippen LogP contribution in [0.15, 0.2) is 36.4 Å². The number of carbonyl (C=O) groups is 2. The Balaban J connectivity index is 2.53. The number of phenols is 2. The minimum Gasteiger partial charge on any atom is -0.508 e. The first-order valence-electron chi connectivity index (χ1n) is 7.58. The van der Waals surface area contributed by atoms with Crippen molar-refractivity contribution in [3.8, 4) is 11.5 Å². The molecule has 6 heteroatoms. The SMILES string of the molecule is CCN(CC)c1ccc(C(=O)c2ccc(O)cc2O)c(C(=O)O)c1. The highest BCUT2D eigenvalue weighted by molar-refractivity contribution is 6.15. The van der Waals surface area contributed by atoms with Gasteiger partial charge in [0.15, 0.2) is 5.78 Å². The van der Waals surface area contributed by atoms with Crippen LogP contribution in [-0.4, -0.2) is 40.2 Å². The Labute approximate surface area is 139 Å². The average Bonchev–Trinajstić information content (AvgIpc) is 2.55. The maximum Gasteiger partial charge on any atom is 0.336 e. The predicted molar refractivity (Wildman–Crippen MR) is 90.2 cm³/mol. The molecule has 0 bridgehead atoms. The van der Waals surface area contributed by atoms with Gasteiger partial charge in [0, 0.05) is 30.4 Å². The number of phenolic OH excluding ortho intramolecular Hbond substituents is 2. The summed E-state index contributed by atoms with van der Waals surface area (Å²) in [6.45, 7) is 5.33. The van der Waals surface area contributed by atoms with Crippen LogP contribution in [0.3, 0.4) is 0 Å². The molecule has 0 fully saturated rings. The molecule has 0 amide bonds. The fourth-order valence-electron chi connectivity index (χ4n) is 2.55. The molecule has 6 nitrogen and oxygen atoms in total. The number of anilines is 1. The standard InChI is InChI=1S/C18H19NO5/c1-3-19(4-2)11-5-7-13(15(9-11)18(23)24)17(22)14-8-6-12(20)10-16(14)21/h5-10,20-21H,3-4H2,1-2H3,(H,23,24). The Kier molecular flexibility index (Phi) is 5.08. The third-order valence-corrected chi connectivity index (χ3v) is 3.83. The molecule has 0 unspecified atom stereocenters. The van der Waals surface area contributed by atoms with Crippen molar-refractivity contribution in [2.45, 2.75) is 13.8 Å². The normalized spacial score (nSPS) is 10.4. The minimum atomic E-state index is -1.22. The molecule has 2 rings (SSSR count). The van der Waals surface area contributed by atoms with E-state index >= 15 is 0 Å². The van der Waals surface area contributed by atoms with Crippen LogP contribution < -0.4 is 4.90 Å². The van der Waals surface area contributed by atoms with Crippen LogP contribution in [0.2, 0.25) is 0 Å². The maximum absolute atomic E-state index is 12.6. The number of carboxylic acid groups (broad SMARTS) is 1. The van der Waals surface area contributed by atoms with Gasteiger partial charge in [-0.1, -0.05) is 0 Å². The Morgan fingerprint density at radius 3 is 2.08 bits per heavy atom. The number of ketones is 1. The van der Waals surface area contributed by atoms with Gasteiger partial charge in [0.05, 0.1) is 11.1 Å². The number of rotatable bonds is 6. The van der Waals surface area contributed by atoms with Crippen LogP contribution in [0.1, 0.15) is 40.1 Å². The monoisotopic (exact) mass is 329 g/mol. The number of carbonyl (C=O) groups excluding carboxylic acids is 1. The van der Waals surface area contributed by atoms with Gasteiger partial charge in [-0.05, 0) is 44.2 Å². The fourth-order valence-corrected chi connectivity index (χ4v) is 2.55. The summed E-state index contributed by atoms with van der Waals surface area (Å²) in [6, 6.07) is 8.16. The van der Waals surface area contributed by atoms with E-state index in [0.29, 0.717) is 18.8 Å². The molecule has 0 aromatic heterocycles. The second-order valence-corrected chi connectivity index (χ2v) is 5.24. The molecule has 0 aliphatic heterocycles. The summed E-state index contributed by atoms with van der Waals surface area (Å²) in [4.78, 5) is 26.2. The summed E-state index contributed by atoms with van der Waals surface area (Å²) < 4.78 is 0. The summed E-state index contributed by atoms with van der Waals surface area (Å²) in [5.74, 6) is -2.41. The van der Waals surface area contributed by atoms with Gasteiger partial charge < -0.3 is 20.2 Å². The summed E-state index contributed by atoms with van der Waals surface area (Å²) in [5.41, 5.74) is 0.506. The van der Waals surface area contributed by atoms with Crippen molar-refractivity contribution in [2.24, 2.45) is 0 Å². The number of aromatic hydroxyl groups is 2. The summed E-state index contributed by atoms with van der Waals surface area (Å²) in [6.07, 6.45) is 0. The van der Waals surface area contributed by atoms with Crippen molar-refractivity contribution in [1.29, 1.82) is 0 Å². The lowest BCUT2D eigenvalue weighted by molar-refractivity contribution is 0.0692. The molecule has 0 aliphatic carbocycles. The molecule has 0 spiro atoms. The molecule has 0 heterocycles. The summed E-state index contributed by atoms with van der Waals surface area (Å²) in [7, 11) is 0. The lowest BCUT2D eigenvalue weighted by atomic mass is 9.96. The van der Waals surface area contributed by atoms with Gasteiger partial charge in [-0.25, -0.2) is 4.79 Å². The zero-order valence-corrected chi connectivity index (χ0v) is 13.5. The molecule has 0 saturated carbocycles. The van der Waals surface area contributed by atoms with Crippen molar-refractivity contribution >= 4 is 17.4 Å². The molecular formula is C18H19NO5. The molecule has 0 aliphatic rings. The number of nitrogens with zero attached hydrogens (tertiary/aromatic N) is 1. The van der Waals surface area contributed by atoms with Gasteiger partial charge in [-0.15, -0.1) is 0 Å². The maximum atomic E-state index is 12.6. The van der Waals surface area contributed by atoms with E-state index in [-0.39, 0.29) is 22.4 Å². The topological polar surface area (TPSA) is 98.1 Å². The van der Waals surface area contributed by atoms with Crippen LogP contribution in [0.5, 0.6) is 11.5 Å². The molecular weight excluding hydrogens is 310 g/mol. The van der Waals surface area contributed by atoms with Crippen LogP contribution in [0.4, 0.5) is 5.69 Å². The van der Waals surface area contributed by atoms with E-state index in [2.05, 4.69) is 0 Å². The second-order valence-electron chi connectivity index (χ2n) is 5.24. The molecule has 0 radical (unpaired) electrons. The van der Waals surface area contributed by atoms with E-state index < -0.39 is 17.5 Å². The summed E-state index contributed by atoms with van der Waals surface area (Å²) in [5, 5.41) is 28.6. The van der Waals surface area contributed by atoms with Crippen molar-refractivity contribution < 1.29 is 24.9 Å². The highest BCUT2D eigenvalue weighted by Crippen LogP contribution is 2.28. The molecule has 2 aromatic rings. The molecule has 0 saturated heterocycles. The highest BCUT2D eigenvalue weighted by atomic mass is 16.4. The lowest BCUT2D eigenvalue weighted by Crippen LogP contribution is -2.22. The van der Waals surface area contributed by atoms with Crippen LogP contribution >= 0.6 is 0 Å². The first-order valence-corrected chi connectivity index (χ1v) is 7.58. The van der Waals surface area contributed by atoms with E-state index in [9.17, 15) is 24.9 Å². The number of aromatic carboxylic acids is 1. The zero-order valence-electron chi connectivity index (χ0n) is 13.5. The van der Waals surface area contributed by atoms with E-state index in [1.807, 2.05) is 18.7 Å². The van der Waals surface area contributed by atoms with Gasteiger partial charge in [0.1, 0.15) is 11.5 Å². The minimum absolute atomic E-state index is 0.0144. The molecule has 2 aromatic carbocycles. The van der Waals surface area contributed by atoms with E-state index in [4.69, 9.17) is 0 Å². The Bertz CT molecular complexity index is 781. The van der Waals surface area contributed by atoms with E-state index in [1.165, 1.54) is 24.3 Å². The van der Waals surface area contributed by atoms with Crippen LogP contribution in [0.25, 0.3) is 0 Å². The molecule has 3 N–H and O–H groups in total. The molecule has 0 atom stereocenters.